The summed E-state index contributed by atoms with van der Waals surface area (Å²) < 4.78 is 31.2. The van der Waals surface area contributed by atoms with Gasteiger partial charge in [-0.15, -0.1) is 23.2 Å². The second-order valence-electron chi connectivity index (χ2n) is 7.79. The highest BCUT2D eigenvalue weighted by molar-refractivity contribution is 9.10. The first-order valence-corrected chi connectivity index (χ1v) is 12.0. The molecule has 1 saturated carbocycles. The van der Waals surface area contributed by atoms with Gasteiger partial charge in [-0.2, -0.15) is 0 Å². The van der Waals surface area contributed by atoms with Crippen LogP contribution in [0, 0.1) is 17.6 Å². The van der Waals surface area contributed by atoms with Crippen molar-refractivity contribution in [1.29, 1.82) is 0 Å². The van der Waals surface area contributed by atoms with Gasteiger partial charge in [0, 0.05) is 17.3 Å². The maximum absolute atomic E-state index is 14.3. The molecule has 1 fully saturated rings. The molecule has 11 heteroatoms. The van der Waals surface area contributed by atoms with Crippen LogP contribution in [0.4, 0.5) is 20.2 Å². The molecule has 3 aromatic carbocycles. The number of hydrogen-bond donors (Lipinski definition) is 2. The van der Waals surface area contributed by atoms with Crippen LogP contribution >= 0.6 is 50.7 Å². The van der Waals surface area contributed by atoms with Crippen molar-refractivity contribution in [2.75, 3.05) is 17.7 Å². The number of benzene rings is 3. The Morgan fingerprint density at radius 3 is 2.31 bits per heavy atom. The van der Waals surface area contributed by atoms with Crippen molar-refractivity contribution in [3.8, 4) is 5.75 Å². The molecular weight excluding hydrogens is 589 g/mol. The maximum atomic E-state index is 14.3. The van der Waals surface area contributed by atoms with Crippen molar-refractivity contribution in [2.45, 2.75) is 10.3 Å². The zero-order valence-corrected chi connectivity index (χ0v) is 21.7. The van der Waals surface area contributed by atoms with Gasteiger partial charge in [-0.25, -0.2) is 8.78 Å². The Hall–Kier alpha value is -2.39. The Kier molecular flexibility index (Phi) is 7.29. The first kappa shape index (κ1) is 25.7. The molecule has 182 valence electrons. The predicted molar refractivity (Wildman–Crippen MR) is 136 cm³/mol. The molecule has 1 aliphatic carbocycles. The minimum atomic E-state index is -1.47. The third kappa shape index (κ3) is 5.26. The first-order chi connectivity index (χ1) is 16.5. The van der Waals surface area contributed by atoms with Crippen LogP contribution in [0.1, 0.15) is 21.8 Å². The summed E-state index contributed by atoms with van der Waals surface area (Å²) in [7, 11) is 1.39. The average Bonchev–Trinajstić information content (AvgIpc) is 3.40. The maximum Gasteiger partial charge on any atom is 0.257 e. The third-order valence-electron chi connectivity index (χ3n) is 5.51. The minimum absolute atomic E-state index is 0.0869. The average molecular weight is 605 g/mol. The molecule has 0 bridgehead atoms. The predicted octanol–water partition coefficient (Wildman–Crippen LogP) is 7.17. The fraction of sp³-hybridized carbons (Fsp3) is 0.167. The van der Waals surface area contributed by atoms with Crippen LogP contribution in [0.3, 0.4) is 0 Å². The van der Waals surface area contributed by atoms with E-state index in [0.29, 0.717) is 11.3 Å². The van der Waals surface area contributed by atoms with Gasteiger partial charge in [0.05, 0.1) is 28.1 Å². The lowest BCUT2D eigenvalue weighted by molar-refractivity contribution is -0.117. The van der Waals surface area contributed by atoms with E-state index in [9.17, 15) is 18.4 Å². The molecular formula is C24H16BrCl3F2N2O3. The number of alkyl halides is 2. The molecule has 2 N–H and O–H groups in total. The van der Waals surface area contributed by atoms with E-state index in [0.717, 1.165) is 0 Å². The summed E-state index contributed by atoms with van der Waals surface area (Å²) in [5.74, 6) is -3.42. The minimum Gasteiger partial charge on any atom is -0.495 e. The van der Waals surface area contributed by atoms with E-state index in [1.54, 1.807) is 6.07 Å². The van der Waals surface area contributed by atoms with Crippen molar-refractivity contribution < 1.29 is 23.1 Å². The smallest absolute Gasteiger partial charge is 0.257 e. The van der Waals surface area contributed by atoms with E-state index in [2.05, 4.69) is 26.6 Å². The Balaban J connectivity index is 1.52. The standard InChI is InChI=1S/C24H16BrCl3F2N2O3/c1-35-18-9-11(8-17(30)21(18)25)19-20(24(19,27)28)23(34)32-14-6-7-16(26)15(10-14)22(33)31-13-4-2-12(29)3-5-13/h2-10,19-20H,1H3,(H,31,33)(H,32,34)/t19-,20+/m1/s1. The number of hydrogen-bond acceptors (Lipinski definition) is 3. The van der Waals surface area contributed by atoms with E-state index in [-0.39, 0.29) is 26.5 Å². The Labute approximate surface area is 222 Å². The van der Waals surface area contributed by atoms with Crippen LogP contribution in [0.2, 0.25) is 5.02 Å². The van der Waals surface area contributed by atoms with Gasteiger partial charge >= 0.3 is 0 Å². The Morgan fingerprint density at radius 1 is 1.00 bits per heavy atom. The molecule has 0 heterocycles. The van der Waals surface area contributed by atoms with Crippen LogP contribution < -0.4 is 15.4 Å². The number of rotatable bonds is 6. The Morgan fingerprint density at radius 2 is 1.66 bits per heavy atom. The molecule has 0 spiro atoms. The number of amides is 2. The largest absolute Gasteiger partial charge is 0.495 e. The van der Waals surface area contributed by atoms with E-state index in [1.165, 1.54) is 55.6 Å². The van der Waals surface area contributed by atoms with Crippen LogP contribution in [-0.2, 0) is 4.79 Å². The van der Waals surface area contributed by atoms with Gasteiger partial charge < -0.3 is 15.4 Å². The van der Waals surface area contributed by atoms with Crippen molar-refractivity contribution in [1.82, 2.24) is 0 Å². The summed E-state index contributed by atoms with van der Waals surface area (Å²) in [5.41, 5.74) is 1.14. The summed E-state index contributed by atoms with van der Waals surface area (Å²) in [6.07, 6.45) is 0. The zero-order valence-electron chi connectivity index (χ0n) is 17.8. The molecule has 2 atom stereocenters. The highest BCUT2D eigenvalue weighted by atomic mass is 79.9. The lowest BCUT2D eigenvalue weighted by Crippen LogP contribution is -2.18. The highest BCUT2D eigenvalue weighted by Crippen LogP contribution is 2.65. The number of methoxy groups -OCH3 is 1. The van der Waals surface area contributed by atoms with E-state index in [1.807, 2.05) is 0 Å². The molecule has 0 saturated heterocycles. The van der Waals surface area contributed by atoms with Gasteiger partial charge in [-0.05, 0) is 76.1 Å². The molecule has 2 amide bonds. The first-order valence-electron chi connectivity index (χ1n) is 10.1. The van der Waals surface area contributed by atoms with Gasteiger partial charge in [0.1, 0.15) is 21.7 Å². The van der Waals surface area contributed by atoms with Crippen LogP contribution in [0.25, 0.3) is 0 Å². The second-order valence-corrected chi connectivity index (χ2v) is 10.4. The van der Waals surface area contributed by atoms with E-state index < -0.39 is 39.6 Å². The van der Waals surface area contributed by atoms with E-state index in [4.69, 9.17) is 39.5 Å². The molecule has 0 unspecified atom stereocenters. The summed E-state index contributed by atoms with van der Waals surface area (Å²) >= 11 is 22.0. The lowest BCUT2D eigenvalue weighted by Gasteiger charge is -2.10. The molecule has 3 aromatic rings. The fourth-order valence-corrected chi connectivity index (χ4v) is 5.13. The van der Waals surface area contributed by atoms with Crippen LogP contribution in [0.15, 0.2) is 59.1 Å². The molecule has 0 aromatic heterocycles. The van der Waals surface area contributed by atoms with E-state index >= 15 is 0 Å². The van der Waals surface area contributed by atoms with Crippen LogP contribution in [0.5, 0.6) is 5.75 Å². The van der Waals surface area contributed by atoms with Gasteiger partial charge in [0.25, 0.3) is 5.91 Å². The second kappa shape index (κ2) is 9.93. The normalized spacial score (nSPS) is 18.0. The number of carbonyl (C=O) groups excluding carboxylic acids is 2. The third-order valence-corrected chi connectivity index (χ3v) is 7.55. The highest BCUT2D eigenvalue weighted by Gasteiger charge is 2.67. The number of carbonyl (C=O) groups is 2. The number of nitrogens with one attached hydrogen (secondary N) is 2. The molecule has 0 radical (unpaired) electrons. The quantitative estimate of drug-likeness (QED) is 0.293. The topological polar surface area (TPSA) is 67.4 Å². The van der Waals surface area contributed by atoms with Gasteiger partial charge in [-0.3, -0.25) is 9.59 Å². The van der Waals surface area contributed by atoms with Gasteiger partial charge in [-0.1, -0.05) is 11.6 Å². The molecule has 5 nitrogen and oxygen atoms in total. The summed E-state index contributed by atoms with van der Waals surface area (Å²) in [4.78, 5) is 25.7. The monoisotopic (exact) mass is 602 g/mol. The summed E-state index contributed by atoms with van der Waals surface area (Å²) in [6, 6.07) is 12.4. The molecule has 1 aliphatic rings. The number of anilines is 2. The van der Waals surface area contributed by atoms with Gasteiger partial charge in [0.2, 0.25) is 5.91 Å². The van der Waals surface area contributed by atoms with Crippen molar-refractivity contribution in [3.05, 3.63) is 86.9 Å². The SMILES string of the molecule is COc1cc([C@@H]2[C@@H](C(=O)Nc3ccc(Cl)c(C(=O)Nc4ccc(F)cc4)c3)C2(Cl)Cl)cc(F)c1Br. The fourth-order valence-electron chi connectivity index (χ4n) is 3.71. The van der Waals surface area contributed by atoms with Crippen molar-refractivity contribution in [2.24, 2.45) is 5.92 Å². The number of halogens is 6. The summed E-state index contributed by atoms with van der Waals surface area (Å²) in [5, 5.41) is 5.43. The van der Waals surface area contributed by atoms with Gasteiger partial charge in [0.15, 0.2) is 0 Å². The molecule has 4 rings (SSSR count). The molecule has 35 heavy (non-hydrogen) atoms. The molecule has 0 aliphatic heterocycles. The Bertz CT molecular complexity index is 1320. The summed E-state index contributed by atoms with van der Waals surface area (Å²) in [6.45, 7) is 0. The number of ether oxygens (including phenoxy) is 1. The van der Waals surface area contributed by atoms with Crippen LogP contribution in [-0.4, -0.2) is 23.3 Å². The van der Waals surface area contributed by atoms with Crippen molar-refractivity contribution in [3.63, 3.8) is 0 Å². The van der Waals surface area contributed by atoms with Crippen molar-refractivity contribution >= 4 is 73.9 Å². The lowest BCUT2D eigenvalue weighted by atomic mass is 10.1. The zero-order chi connectivity index (χ0) is 25.5.